The van der Waals surface area contributed by atoms with Crippen molar-refractivity contribution >= 4 is 61.4 Å². The summed E-state index contributed by atoms with van der Waals surface area (Å²) in [5.74, 6) is 0. The van der Waals surface area contributed by atoms with Gasteiger partial charge in [0.05, 0.1) is 16.8 Å². The lowest BCUT2D eigenvalue weighted by molar-refractivity contribution is 1.36. The van der Waals surface area contributed by atoms with Gasteiger partial charge in [-0.05, 0) is 30.3 Å². The SMILES string of the molecule is N#C/C(=C\c1cc2ccccc2nc1Cl)c1nc(-c2ccc(Br)cc2)cs1. The third-order valence-electron chi connectivity index (χ3n) is 4.00. The number of para-hydroxylation sites is 1. The van der Waals surface area contributed by atoms with Crippen molar-refractivity contribution in [2.24, 2.45) is 0 Å². The normalized spacial score (nSPS) is 11.5. The number of fused-ring (bicyclic) bond motifs is 1. The molecule has 2 aromatic heterocycles. The molecule has 27 heavy (non-hydrogen) atoms. The zero-order chi connectivity index (χ0) is 18.8. The van der Waals surface area contributed by atoms with Crippen LogP contribution < -0.4 is 0 Å². The molecule has 6 heteroatoms. The van der Waals surface area contributed by atoms with E-state index < -0.39 is 0 Å². The van der Waals surface area contributed by atoms with Gasteiger partial charge >= 0.3 is 0 Å². The van der Waals surface area contributed by atoms with Crippen molar-refractivity contribution in [1.82, 2.24) is 9.97 Å². The monoisotopic (exact) mass is 451 g/mol. The van der Waals surface area contributed by atoms with Crippen molar-refractivity contribution in [3.63, 3.8) is 0 Å². The van der Waals surface area contributed by atoms with Crippen LogP contribution in [0.4, 0.5) is 0 Å². The van der Waals surface area contributed by atoms with Crippen LogP contribution in [-0.2, 0) is 0 Å². The highest BCUT2D eigenvalue weighted by Crippen LogP contribution is 2.30. The molecule has 130 valence electrons. The van der Waals surface area contributed by atoms with E-state index in [0.717, 1.165) is 26.6 Å². The Morgan fingerprint density at radius 3 is 2.67 bits per heavy atom. The predicted octanol–water partition coefficient (Wildman–Crippen LogP) is 6.84. The van der Waals surface area contributed by atoms with Crippen LogP contribution in [0.25, 0.3) is 33.8 Å². The van der Waals surface area contributed by atoms with Crippen LogP contribution in [0.15, 0.2) is 64.5 Å². The first-order valence-corrected chi connectivity index (χ1v) is 10.1. The molecule has 0 unspecified atom stereocenters. The molecule has 3 nitrogen and oxygen atoms in total. The van der Waals surface area contributed by atoms with E-state index in [9.17, 15) is 5.26 Å². The molecule has 4 rings (SSSR count). The Morgan fingerprint density at radius 2 is 1.89 bits per heavy atom. The third-order valence-corrected chi connectivity index (χ3v) is 5.71. The van der Waals surface area contributed by atoms with E-state index >= 15 is 0 Å². The Bertz CT molecular complexity index is 1210. The molecular weight excluding hydrogens is 442 g/mol. The molecule has 0 saturated carbocycles. The highest BCUT2D eigenvalue weighted by molar-refractivity contribution is 9.10. The molecule has 0 aliphatic heterocycles. The molecule has 0 spiro atoms. The van der Waals surface area contributed by atoms with Crippen LogP contribution in [0, 0.1) is 11.3 Å². The summed E-state index contributed by atoms with van der Waals surface area (Å²) in [7, 11) is 0. The van der Waals surface area contributed by atoms with Crippen molar-refractivity contribution in [3.8, 4) is 17.3 Å². The van der Waals surface area contributed by atoms with E-state index in [4.69, 9.17) is 11.6 Å². The second kappa shape index (κ2) is 7.61. The number of hydrogen-bond donors (Lipinski definition) is 0. The van der Waals surface area contributed by atoms with Gasteiger partial charge in [0.25, 0.3) is 0 Å². The maximum absolute atomic E-state index is 9.64. The molecule has 4 aromatic rings. The number of thiazole rings is 1. The number of nitrogens with zero attached hydrogens (tertiary/aromatic N) is 3. The predicted molar refractivity (Wildman–Crippen MR) is 115 cm³/mol. The topological polar surface area (TPSA) is 49.6 Å². The number of allylic oxidation sites excluding steroid dienone is 1. The Hall–Kier alpha value is -2.52. The average molecular weight is 453 g/mol. The second-order valence-corrected chi connectivity index (χ2v) is 7.91. The van der Waals surface area contributed by atoms with Crippen LogP contribution in [0.5, 0.6) is 0 Å². The average Bonchev–Trinajstić information content (AvgIpc) is 3.17. The highest BCUT2D eigenvalue weighted by Gasteiger charge is 2.11. The van der Waals surface area contributed by atoms with Crippen LogP contribution in [0.1, 0.15) is 10.6 Å². The molecule has 0 fully saturated rings. The Balaban J connectivity index is 1.73. The van der Waals surface area contributed by atoms with Gasteiger partial charge in [-0.15, -0.1) is 11.3 Å². The number of pyridine rings is 1. The van der Waals surface area contributed by atoms with E-state index in [-0.39, 0.29) is 0 Å². The summed E-state index contributed by atoms with van der Waals surface area (Å²) < 4.78 is 1.01. The van der Waals surface area contributed by atoms with Crippen molar-refractivity contribution in [3.05, 3.63) is 80.2 Å². The Labute approximate surface area is 173 Å². The summed E-state index contributed by atoms with van der Waals surface area (Å²) in [5, 5.41) is 13.6. The summed E-state index contributed by atoms with van der Waals surface area (Å²) in [5.41, 5.74) is 3.83. The summed E-state index contributed by atoms with van der Waals surface area (Å²) in [6.07, 6.45) is 1.74. The lowest BCUT2D eigenvalue weighted by Gasteiger charge is -2.02. The van der Waals surface area contributed by atoms with Gasteiger partial charge in [0.1, 0.15) is 16.2 Å². The van der Waals surface area contributed by atoms with Gasteiger partial charge in [-0.3, -0.25) is 0 Å². The minimum Gasteiger partial charge on any atom is -0.235 e. The van der Waals surface area contributed by atoms with Gasteiger partial charge in [-0.2, -0.15) is 5.26 Å². The molecule has 0 aliphatic carbocycles. The van der Waals surface area contributed by atoms with Crippen molar-refractivity contribution in [2.75, 3.05) is 0 Å². The van der Waals surface area contributed by atoms with Crippen LogP contribution in [0.3, 0.4) is 0 Å². The molecular formula is C21H11BrClN3S. The molecule has 0 N–H and O–H groups in total. The zero-order valence-electron chi connectivity index (χ0n) is 13.9. The van der Waals surface area contributed by atoms with Crippen LogP contribution in [0.2, 0.25) is 5.15 Å². The summed E-state index contributed by atoms with van der Waals surface area (Å²) in [6, 6.07) is 19.8. The maximum atomic E-state index is 9.64. The lowest BCUT2D eigenvalue weighted by atomic mass is 10.1. The van der Waals surface area contributed by atoms with Gasteiger partial charge in [0.2, 0.25) is 0 Å². The van der Waals surface area contributed by atoms with Gasteiger partial charge in [-0.25, -0.2) is 9.97 Å². The number of hydrogen-bond acceptors (Lipinski definition) is 4. The molecule has 0 radical (unpaired) electrons. The first-order chi connectivity index (χ1) is 13.1. The van der Waals surface area contributed by atoms with Crippen molar-refractivity contribution in [2.45, 2.75) is 0 Å². The molecule has 0 amide bonds. The van der Waals surface area contributed by atoms with E-state index in [1.165, 1.54) is 11.3 Å². The largest absolute Gasteiger partial charge is 0.235 e. The first kappa shape index (κ1) is 17.9. The highest BCUT2D eigenvalue weighted by atomic mass is 79.9. The molecule has 0 bridgehead atoms. The minimum atomic E-state index is 0.367. The fraction of sp³-hybridized carbons (Fsp3) is 0. The fourth-order valence-corrected chi connectivity index (χ4v) is 3.92. The summed E-state index contributed by atoms with van der Waals surface area (Å²) in [6.45, 7) is 0. The number of aromatic nitrogens is 2. The van der Waals surface area contributed by atoms with Crippen molar-refractivity contribution in [1.29, 1.82) is 5.26 Å². The van der Waals surface area contributed by atoms with E-state index in [0.29, 0.717) is 21.3 Å². The maximum Gasteiger partial charge on any atom is 0.137 e. The minimum absolute atomic E-state index is 0.367. The van der Waals surface area contributed by atoms with E-state index in [1.807, 2.05) is 60.0 Å². The number of rotatable bonds is 3. The second-order valence-electron chi connectivity index (χ2n) is 5.78. The first-order valence-electron chi connectivity index (χ1n) is 8.03. The standard InChI is InChI=1S/C21H11BrClN3S/c22-17-7-5-13(6-8-17)19-12-27-21(26-19)16(11-24)10-15-9-14-3-1-2-4-18(14)25-20(15)23/h1-10,12H/b16-10+. The molecule has 0 atom stereocenters. The number of nitriles is 1. The summed E-state index contributed by atoms with van der Waals surface area (Å²) in [4.78, 5) is 9.03. The smallest absolute Gasteiger partial charge is 0.137 e. The van der Waals surface area contributed by atoms with Gasteiger partial charge < -0.3 is 0 Å². The Kier molecular flexibility index (Phi) is 5.04. The molecule has 0 aliphatic rings. The third kappa shape index (κ3) is 3.79. The molecule has 0 saturated heterocycles. The lowest BCUT2D eigenvalue weighted by Crippen LogP contribution is -1.87. The van der Waals surface area contributed by atoms with Crippen LogP contribution >= 0.6 is 38.9 Å². The van der Waals surface area contributed by atoms with Gasteiger partial charge in [0.15, 0.2) is 0 Å². The number of halogens is 2. The van der Waals surface area contributed by atoms with Crippen molar-refractivity contribution < 1.29 is 0 Å². The number of benzene rings is 2. The van der Waals surface area contributed by atoms with E-state index in [1.54, 1.807) is 6.08 Å². The fourth-order valence-electron chi connectivity index (χ4n) is 2.66. The zero-order valence-corrected chi connectivity index (χ0v) is 17.0. The Morgan fingerprint density at radius 1 is 1.11 bits per heavy atom. The van der Waals surface area contributed by atoms with E-state index in [2.05, 4.69) is 32.0 Å². The van der Waals surface area contributed by atoms with Gasteiger partial charge in [0, 0.05) is 26.4 Å². The summed E-state index contributed by atoms with van der Waals surface area (Å²) >= 11 is 11.2. The molecule has 2 aromatic carbocycles. The molecule has 2 heterocycles. The quantitative estimate of drug-likeness (QED) is 0.252. The van der Waals surface area contributed by atoms with Gasteiger partial charge in [-0.1, -0.05) is 57.9 Å². The van der Waals surface area contributed by atoms with Crippen LogP contribution in [-0.4, -0.2) is 9.97 Å².